The second-order valence-corrected chi connectivity index (χ2v) is 3.86. The van der Waals surface area contributed by atoms with E-state index >= 15 is 0 Å². The van der Waals surface area contributed by atoms with Crippen molar-refractivity contribution in [1.29, 1.82) is 0 Å². The third-order valence-corrected chi connectivity index (χ3v) is 2.64. The van der Waals surface area contributed by atoms with Gasteiger partial charge >= 0.3 is 0 Å². The molecule has 4 heteroatoms. The fourth-order valence-corrected chi connectivity index (χ4v) is 1.56. The third kappa shape index (κ3) is 1.79. The molecule has 0 aliphatic carbocycles. The number of aromatic amines is 1. The van der Waals surface area contributed by atoms with Crippen molar-refractivity contribution >= 4 is 16.7 Å². The van der Waals surface area contributed by atoms with Crippen LogP contribution in [0.2, 0.25) is 0 Å². The maximum Gasteiger partial charge on any atom is 0.137 e. The first-order chi connectivity index (χ1) is 7.22. The molecule has 4 nitrogen and oxygen atoms in total. The largest absolute Gasteiger partial charge is 0.367 e. The third-order valence-electron chi connectivity index (χ3n) is 2.64. The summed E-state index contributed by atoms with van der Waals surface area (Å²) >= 11 is 0. The molecule has 0 amide bonds. The number of nitrogens with one attached hydrogen (secondary N) is 2. The summed E-state index contributed by atoms with van der Waals surface area (Å²) in [7, 11) is 0. The molecule has 0 unspecified atom stereocenters. The van der Waals surface area contributed by atoms with Gasteiger partial charge in [0, 0.05) is 17.9 Å². The summed E-state index contributed by atoms with van der Waals surface area (Å²) in [6, 6.07) is 2.35. The summed E-state index contributed by atoms with van der Waals surface area (Å²) < 4.78 is 0. The zero-order valence-electron chi connectivity index (χ0n) is 9.33. The first-order valence-corrected chi connectivity index (χ1v) is 5.28. The molecule has 0 fully saturated rings. The Balaban J connectivity index is 2.45. The van der Waals surface area contributed by atoms with Crippen molar-refractivity contribution in [3.63, 3.8) is 0 Å². The number of rotatable bonds is 3. The molecule has 0 aromatic carbocycles. The number of pyridine rings is 1. The molecule has 0 aliphatic heterocycles. The summed E-state index contributed by atoms with van der Waals surface area (Å²) in [6.07, 6.45) is 2.86. The van der Waals surface area contributed by atoms with Crippen LogP contribution in [0.15, 0.2) is 12.3 Å². The normalized spacial score (nSPS) is 13.0. The monoisotopic (exact) mass is 204 g/mol. The van der Waals surface area contributed by atoms with Crippen molar-refractivity contribution in [3.05, 3.63) is 18.0 Å². The second-order valence-electron chi connectivity index (χ2n) is 3.86. The number of fused-ring (bicyclic) bond motifs is 1. The van der Waals surface area contributed by atoms with Crippen LogP contribution in [-0.4, -0.2) is 21.2 Å². The minimum absolute atomic E-state index is 0.428. The minimum atomic E-state index is 0.428. The Labute approximate surface area is 89.1 Å². The number of hydrogen-bond donors (Lipinski definition) is 2. The van der Waals surface area contributed by atoms with Gasteiger partial charge in [-0.3, -0.25) is 5.10 Å². The molecule has 80 valence electrons. The van der Waals surface area contributed by atoms with Crippen molar-refractivity contribution in [3.8, 4) is 0 Å². The van der Waals surface area contributed by atoms with Gasteiger partial charge in [-0.25, -0.2) is 4.98 Å². The molecule has 2 rings (SSSR count). The van der Waals surface area contributed by atoms with E-state index in [0.717, 1.165) is 28.8 Å². The van der Waals surface area contributed by atoms with Crippen molar-refractivity contribution in [2.24, 2.45) is 0 Å². The summed E-state index contributed by atoms with van der Waals surface area (Å²) in [5, 5.41) is 11.7. The quantitative estimate of drug-likeness (QED) is 0.807. The highest BCUT2D eigenvalue weighted by Gasteiger charge is 2.09. The van der Waals surface area contributed by atoms with E-state index in [4.69, 9.17) is 0 Å². The first-order valence-electron chi connectivity index (χ1n) is 5.28. The standard InChI is InChI=1S/C11H16N4/c1-4-7(2)13-11-10-8(3)14-15-9(10)5-6-12-11/h5-7H,4H2,1-3H3,(H,12,13)(H,14,15)/t7-/m1/s1. The average molecular weight is 204 g/mol. The summed E-state index contributed by atoms with van der Waals surface area (Å²) in [4.78, 5) is 4.36. The second kappa shape index (κ2) is 3.88. The molecular formula is C11H16N4. The molecular weight excluding hydrogens is 188 g/mol. The zero-order valence-corrected chi connectivity index (χ0v) is 9.33. The fraction of sp³-hybridized carbons (Fsp3) is 0.455. The van der Waals surface area contributed by atoms with E-state index in [0.29, 0.717) is 6.04 Å². The van der Waals surface area contributed by atoms with Crippen molar-refractivity contribution in [2.45, 2.75) is 33.2 Å². The number of anilines is 1. The number of aryl methyl sites for hydroxylation is 1. The molecule has 0 saturated carbocycles. The lowest BCUT2D eigenvalue weighted by Crippen LogP contribution is -2.14. The molecule has 2 aromatic rings. The fourth-order valence-electron chi connectivity index (χ4n) is 1.56. The van der Waals surface area contributed by atoms with Crippen LogP contribution < -0.4 is 5.32 Å². The van der Waals surface area contributed by atoms with Gasteiger partial charge in [0.2, 0.25) is 0 Å². The van der Waals surface area contributed by atoms with E-state index < -0.39 is 0 Å². The number of nitrogens with zero attached hydrogens (tertiary/aromatic N) is 2. The van der Waals surface area contributed by atoms with Crippen molar-refractivity contribution in [2.75, 3.05) is 5.32 Å². The maximum absolute atomic E-state index is 4.36. The Hall–Kier alpha value is -1.58. The van der Waals surface area contributed by atoms with E-state index in [1.807, 2.05) is 13.0 Å². The van der Waals surface area contributed by atoms with E-state index in [9.17, 15) is 0 Å². The van der Waals surface area contributed by atoms with Crippen LogP contribution in [0.5, 0.6) is 0 Å². The Morgan fingerprint density at radius 3 is 3.07 bits per heavy atom. The van der Waals surface area contributed by atoms with Gasteiger partial charge in [-0.1, -0.05) is 6.92 Å². The van der Waals surface area contributed by atoms with Gasteiger partial charge < -0.3 is 5.32 Å². The predicted molar refractivity (Wildman–Crippen MR) is 62.0 cm³/mol. The highest BCUT2D eigenvalue weighted by atomic mass is 15.1. The lowest BCUT2D eigenvalue weighted by molar-refractivity contribution is 0.760. The van der Waals surface area contributed by atoms with Gasteiger partial charge in [-0.05, 0) is 26.3 Å². The van der Waals surface area contributed by atoms with Gasteiger partial charge in [0.15, 0.2) is 0 Å². The molecule has 0 saturated heterocycles. The lowest BCUT2D eigenvalue weighted by atomic mass is 10.2. The van der Waals surface area contributed by atoms with Gasteiger partial charge in [-0.15, -0.1) is 0 Å². The Kier molecular flexibility index (Phi) is 2.58. The van der Waals surface area contributed by atoms with E-state index in [1.54, 1.807) is 6.20 Å². The van der Waals surface area contributed by atoms with Crippen LogP contribution >= 0.6 is 0 Å². The zero-order chi connectivity index (χ0) is 10.8. The average Bonchev–Trinajstić information content (AvgIpc) is 2.61. The molecule has 0 radical (unpaired) electrons. The van der Waals surface area contributed by atoms with Crippen LogP contribution in [0.4, 0.5) is 5.82 Å². The van der Waals surface area contributed by atoms with Crippen molar-refractivity contribution in [1.82, 2.24) is 15.2 Å². The highest BCUT2D eigenvalue weighted by molar-refractivity contribution is 5.91. The van der Waals surface area contributed by atoms with E-state index in [-0.39, 0.29) is 0 Å². The SMILES string of the molecule is CC[C@@H](C)Nc1nccc2n[nH]c(C)c12. The van der Waals surface area contributed by atoms with Crippen molar-refractivity contribution < 1.29 is 0 Å². The summed E-state index contributed by atoms with van der Waals surface area (Å²) in [5.41, 5.74) is 2.03. The van der Waals surface area contributed by atoms with Gasteiger partial charge in [-0.2, -0.15) is 5.10 Å². The van der Waals surface area contributed by atoms with Crippen LogP contribution in [0.3, 0.4) is 0 Å². The van der Waals surface area contributed by atoms with Crippen LogP contribution in [0.25, 0.3) is 10.9 Å². The first kappa shape index (κ1) is 9.96. The molecule has 2 N–H and O–H groups in total. The number of H-pyrrole nitrogens is 1. The maximum atomic E-state index is 4.36. The lowest BCUT2D eigenvalue weighted by Gasteiger charge is -2.12. The minimum Gasteiger partial charge on any atom is -0.367 e. The van der Waals surface area contributed by atoms with Crippen LogP contribution in [0.1, 0.15) is 26.0 Å². The highest BCUT2D eigenvalue weighted by Crippen LogP contribution is 2.22. The van der Waals surface area contributed by atoms with Gasteiger partial charge in [0.05, 0.1) is 10.9 Å². The number of aromatic nitrogens is 3. The topological polar surface area (TPSA) is 53.6 Å². The van der Waals surface area contributed by atoms with Crippen LogP contribution in [0, 0.1) is 6.92 Å². The molecule has 0 spiro atoms. The van der Waals surface area contributed by atoms with E-state index in [1.165, 1.54) is 0 Å². The van der Waals surface area contributed by atoms with Crippen LogP contribution in [-0.2, 0) is 0 Å². The smallest absolute Gasteiger partial charge is 0.137 e. The Morgan fingerprint density at radius 2 is 2.33 bits per heavy atom. The van der Waals surface area contributed by atoms with Gasteiger partial charge in [0.25, 0.3) is 0 Å². The summed E-state index contributed by atoms with van der Waals surface area (Å²) in [5.74, 6) is 0.924. The van der Waals surface area contributed by atoms with Gasteiger partial charge in [0.1, 0.15) is 5.82 Å². The molecule has 0 aliphatic rings. The van der Waals surface area contributed by atoms with E-state index in [2.05, 4.69) is 34.3 Å². The molecule has 2 heterocycles. The molecule has 0 bridgehead atoms. The number of hydrogen-bond acceptors (Lipinski definition) is 3. The Bertz CT molecular complexity index is 461. The Morgan fingerprint density at radius 1 is 1.53 bits per heavy atom. The summed E-state index contributed by atoms with van der Waals surface area (Å²) in [6.45, 7) is 6.31. The molecule has 15 heavy (non-hydrogen) atoms. The predicted octanol–water partition coefficient (Wildman–Crippen LogP) is 2.48. The molecule has 1 atom stereocenters. The molecule has 2 aromatic heterocycles.